The van der Waals surface area contributed by atoms with Crippen molar-refractivity contribution in [3.63, 3.8) is 0 Å². The van der Waals surface area contributed by atoms with Crippen molar-refractivity contribution in [1.29, 1.82) is 0 Å². The molecule has 0 radical (unpaired) electrons. The van der Waals surface area contributed by atoms with E-state index < -0.39 is 0 Å². The van der Waals surface area contributed by atoms with Crippen LogP contribution in [-0.2, 0) is 0 Å². The molecule has 0 saturated carbocycles. The minimum absolute atomic E-state index is 0.150. The maximum atomic E-state index is 13.1. The normalized spacial score (nSPS) is 12.9. The fourth-order valence-electron chi connectivity index (χ4n) is 2.22. The van der Waals surface area contributed by atoms with E-state index >= 15 is 0 Å². The van der Waals surface area contributed by atoms with Gasteiger partial charge in [0.2, 0.25) is 0 Å². The van der Waals surface area contributed by atoms with E-state index in [4.69, 9.17) is 0 Å². The maximum absolute atomic E-state index is 13.1. The van der Waals surface area contributed by atoms with Crippen molar-refractivity contribution in [3.8, 4) is 0 Å². The van der Waals surface area contributed by atoms with Gasteiger partial charge in [0, 0.05) is 16.7 Å². The maximum Gasteiger partial charge on any atom is 0.124 e. The Hall–Kier alpha value is -0.540. The molecule has 0 saturated heterocycles. The molecule has 1 N–H and O–H groups in total. The zero-order valence-corrected chi connectivity index (χ0v) is 12.4. The van der Waals surface area contributed by atoms with Gasteiger partial charge in [0.05, 0.1) is 0 Å². The summed E-state index contributed by atoms with van der Waals surface area (Å²) < 4.78 is 13.1. The van der Waals surface area contributed by atoms with E-state index in [0.29, 0.717) is 12.0 Å². The molecule has 1 atom stereocenters. The van der Waals surface area contributed by atoms with Gasteiger partial charge in [0.15, 0.2) is 0 Å². The summed E-state index contributed by atoms with van der Waals surface area (Å²) in [5.74, 6) is 1.55. The van der Waals surface area contributed by atoms with Crippen LogP contribution in [-0.4, -0.2) is 18.3 Å². The Bertz CT molecular complexity index is 339. The third kappa shape index (κ3) is 4.99. The summed E-state index contributed by atoms with van der Waals surface area (Å²) in [7, 11) is 0. The van der Waals surface area contributed by atoms with Gasteiger partial charge in [-0.3, -0.25) is 0 Å². The van der Waals surface area contributed by atoms with Gasteiger partial charge in [0.1, 0.15) is 5.82 Å². The summed E-state index contributed by atoms with van der Waals surface area (Å²) in [6.07, 6.45) is 2.38. The molecule has 1 nitrogen and oxygen atoms in total. The van der Waals surface area contributed by atoms with Gasteiger partial charge in [-0.15, -0.1) is 11.8 Å². The molecule has 102 valence electrons. The van der Waals surface area contributed by atoms with Crippen molar-refractivity contribution in [2.75, 3.05) is 12.3 Å². The Morgan fingerprint density at radius 3 is 2.50 bits per heavy atom. The lowest BCUT2D eigenvalue weighted by molar-refractivity contribution is 0.365. The number of rotatable bonds is 8. The molecule has 1 unspecified atom stereocenters. The Labute approximate surface area is 115 Å². The highest BCUT2D eigenvalue weighted by Crippen LogP contribution is 2.23. The summed E-state index contributed by atoms with van der Waals surface area (Å²) in [6.45, 7) is 7.61. The zero-order valence-electron chi connectivity index (χ0n) is 11.6. The second kappa shape index (κ2) is 8.54. The molecule has 1 rings (SSSR count). The lowest BCUT2D eigenvalue weighted by Crippen LogP contribution is -2.37. The number of hydrogen-bond donors (Lipinski definition) is 1. The summed E-state index contributed by atoms with van der Waals surface area (Å²) in [5, 5.41) is 3.55. The fourth-order valence-corrected chi connectivity index (χ4v) is 3.36. The monoisotopic (exact) mass is 269 g/mol. The molecule has 0 spiro atoms. The Morgan fingerprint density at radius 1 is 1.22 bits per heavy atom. The first kappa shape index (κ1) is 15.5. The van der Waals surface area contributed by atoms with Gasteiger partial charge >= 0.3 is 0 Å². The van der Waals surface area contributed by atoms with Gasteiger partial charge in [-0.05, 0) is 30.7 Å². The van der Waals surface area contributed by atoms with E-state index in [2.05, 4.69) is 26.1 Å². The molecule has 18 heavy (non-hydrogen) atoms. The van der Waals surface area contributed by atoms with Crippen LogP contribution in [0.25, 0.3) is 0 Å². The van der Waals surface area contributed by atoms with E-state index in [1.165, 1.54) is 18.9 Å². The van der Waals surface area contributed by atoms with Crippen LogP contribution >= 0.6 is 11.8 Å². The van der Waals surface area contributed by atoms with Gasteiger partial charge in [0.25, 0.3) is 0 Å². The van der Waals surface area contributed by atoms with Crippen LogP contribution in [0, 0.1) is 11.7 Å². The van der Waals surface area contributed by atoms with Crippen molar-refractivity contribution < 1.29 is 4.39 Å². The van der Waals surface area contributed by atoms with Crippen LogP contribution in [0.5, 0.6) is 0 Å². The van der Waals surface area contributed by atoms with E-state index in [1.54, 1.807) is 23.9 Å². The number of hydrogen-bond acceptors (Lipinski definition) is 2. The minimum Gasteiger partial charge on any atom is -0.313 e. The number of nitrogens with one attached hydrogen (secondary N) is 1. The SMILES string of the molecule is CCNC(CSc1cccc(F)c1)C(CC)CC. The van der Waals surface area contributed by atoms with Crippen LogP contribution < -0.4 is 5.32 Å². The number of thioether (sulfide) groups is 1. The van der Waals surface area contributed by atoms with Crippen LogP contribution in [0.2, 0.25) is 0 Å². The molecular weight excluding hydrogens is 245 g/mol. The van der Waals surface area contributed by atoms with Crippen molar-refractivity contribution in [3.05, 3.63) is 30.1 Å². The lowest BCUT2D eigenvalue weighted by atomic mass is 9.95. The highest BCUT2D eigenvalue weighted by atomic mass is 32.2. The lowest BCUT2D eigenvalue weighted by Gasteiger charge is -2.25. The van der Waals surface area contributed by atoms with Crippen molar-refractivity contribution >= 4 is 11.8 Å². The minimum atomic E-state index is -0.150. The van der Waals surface area contributed by atoms with Gasteiger partial charge < -0.3 is 5.32 Å². The Kier molecular flexibility index (Phi) is 7.36. The number of halogens is 1. The zero-order chi connectivity index (χ0) is 13.4. The van der Waals surface area contributed by atoms with Crippen molar-refractivity contribution in [2.24, 2.45) is 5.92 Å². The van der Waals surface area contributed by atoms with Crippen molar-refractivity contribution in [2.45, 2.75) is 44.6 Å². The third-order valence-electron chi connectivity index (χ3n) is 3.31. The van der Waals surface area contributed by atoms with E-state index in [0.717, 1.165) is 17.2 Å². The standard InChI is InChI=1S/C15H24FNS/c1-4-12(5-2)15(17-6-3)11-18-14-9-7-8-13(16)10-14/h7-10,12,15,17H,4-6,11H2,1-3H3. The predicted octanol–water partition coefficient (Wildman–Crippen LogP) is 4.33. The smallest absolute Gasteiger partial charge is 0.124 e. The van der Waals surface area contributed by atoms with Crippen LogP contribution in [0.3, 0.4) is 0 Å². The van der Waals surface area contributed by atoms with Crippen LogP contribution in [0.4, 0.5) is 4.39 Å². The van der Waals surface area contributed by atoms with E-state index in [-0.39, 0.29) is 5.82 Å². The van der Waals surface area contributed by atoms with Crippen molar-refractivity contribution in [1.82, 2.24) is 5.32 Å². The molecule has 0 aromatic heterocycles. The highest BCUT2D eigenvalue weighted by Gasteiger charge is 2.17. The Balaban J connectivity index is 2.56. The average Bonchev–Trinajstić information content (AvgIpc) is 2.37. The predicted molar refractivity (Wildman–Crippen MR) is 78.7 cm³/mol. The average molecular weight is 269 g/mol. The second-order valence-corrected chi connectivity index (χ2v) is 5.60. The topological polar surface area (TPSA) is 12.0 Å². The molecule has 3 heteroatoms. The first-order valence-corrected chi connectivity index (χ1v) is 7.81. The highest BCUT2D eigenvalue weighted by molar-refractivity contribution is 7.99. The molecule has 0 fully saturated rings. The molecule has 0 aliphatic heterocycles. The molecule has 0 bridgehead atoms. The second-order valence-electron chi connectivity index (χ2n) is 4.51. The molecule has 1 aromatic rings. The van der Waals surface area contributed by atoms with Gasteiger partial charge in [-0.2, -0.15) is 0 Å². The first-order chi connectivity index (χ1) is 8.71. The van der Waals surface area contributed by atoms with Gasteiger partial charge in [-0.1, -0.05) is 39.7 Å². The Morgan fingerprint density at radius 2 is 1.94 bits per heavy atom. The van der Waals surface area contributed by atoms with Gasteiger partial charge in [-0.25, -0.2) is 4.39 Å². The summed E-state index contributed by atoms with van der Waals surface area (Å²) in [6, 6.07) is 7.37. The molecular formula is C15H24FNS. The summed E-state index contributed by atoms with van der Waals surface area (Å²) >= 11 is 1.74. The molecule has 0 aliphatic rings. The fraction of sp³-hybridized carbons (Fsp3) is 0.600. The first-order valence-electron chi connectivity index (χ1n) is 6.82. The van der Waals surface area contributed by atoms with E-state index in [1.807, 2.05) is 6.07 Å². The third-order valence-corrected chi connectivity index (χ3v) is 4.42. The molecule has 1 aromatic carbocycles. The summed E-state index contributed by atoms with van der Waals surface area (Å²) in [4.78, 5) is 1.02. The van der Waals surface area contributed by atoms with Crippen LogP contribution in [0.1, 0.15) is 33.6 Å². The molecule has 0 amide bonds. The summed E-state index contributed by atoms with van der Waals surface area (Å²) in [5.41, 5.74) is 0. The molecule has 0 heterocycles. The quantitative estimate of drug-likeness (QED) is 0.705. The largest absolute Gasteiger partial charge is 0.313 e. The van der Waals surface area contributed by atoms with E-state index in [9.17, 15) is 4.39 Å². The van der Waals surface area contributed by atoms with Crippen LogP contribution in [0.15, 0.2) is 29.2 Å². The molecule has 0 aliphatic carbocycles. The number of benzene rings is 1.